The average Bonchev–Trinajstić information content (AvgIpc) is 2.98. The maximum atomic E-state index is 13.7. The summed E-state index contributed by atoms with van der Waals surface area (Å²) in [6.07, 6.45) is 0.504. The van der Waals surface area contributed by atoms with Gasteiger partial charge in [0.15, 0.2) is 5.75 Å². The van der Waals surface area contributed by atoms with Crippen molar-refractivity contribution in [3.63, 3.8) is 0 Å². The lowest BCUT2D eigenvalue weighted by Gasteiger charge is -2.12. The van der Waals surface area contributed by atoms with Crippen LogP contribution >= 0.6 is 23.2 Å². The summed E-state index contributed by atoms with van der Waals surface area (Å²) in [5.74, 6) is -0.502. The quantitative estimate of drug-likeness (QED) is 0.606. The first-order valence-electron chi connectivity index (χ1n) is 7.69. The second-order valence-electron chi connectivity index (χ2n) is 5.58. The molecule has 0 radical (unpaired) electrons. The first kappa shape index (κ1) is 19.1. The molecule has 27 heavy (non-hydrogen) atoms. The maximum absolute atomic E-state index is 13.7. The zero-order valence-corrected chi connectivity index (χ0v) is 15.5. The number of carbonyl (C=O) groups is 1. The minimum atomic E-state index is -0.880. The van der Waals surface area contributed by atoms with Gasteiger partial charge in [-0.1, -0.05) is 29.3 Å². The molecule has 140 valence electrons. The predicted molar refractivity (Wildman–Crippen MR) is 99.5 cm³/mol. The highest BCUT2D eigenvalue weighted by Crippen LogP contribution is 2.33. The van der Waals surface area contributed by atoms with E-state index in [-0.39, 0.29) is 22.2 Å². The molecule has 2 aromatic carbocycles. The van der Waals surface area contributed by atoms with E-state index in [0.29, 0.717) is 16.1 Å². The Morgan fingerprint density at radius 2 is 2.00 bits per heavy atom. The topological polar surface area (TPSA) is 56.1 Å². The summed E-state index contributed by atoms with van der Waals surface area (Å²) in [7, 11) is 1.58. The fourth-order valence-electron chi connectivity index (χ4n) is 2.45. The highest BCUT2D eigenvalue weighted by Gasteiger charge is 2.16. The number of rotatable bonds is 4. The number of benzene rings is 2. The van der Waals surface area contributed by atoms with Crippen molar-refractivity contribution < 1.29 is 18.3 Å². The highest BCUT2D eigenvalue weighted by molar-refractivity contribution is 6.42. The zero-order valence-electron chi connectivity index (χ0n) is 14.0. The fraction of sp³-hybridized carbons (Fsp3) is 0.111. The van der Waals surface area contributed by atoms with Crippen molar-refractivity contribution in [2.45, 2.75) is 6.67 Å². The third kappa shape index (κ3) is 4.37. The average molecular weight is 412 g/mol. The van der Waals surface area contributed by atoms with Crippen LogP contribution in [0.15, 0.2) is 42.6 Å². The molecule has 1 aromatic heterocycles. The van der Waals surface area contributed by atoms with E-state index in [2.05, 4.69) is 10.4 Å². The Morgan fingerprint density at radius 1 is 1.22 bits per heavy atom. The molecule has 9 heteroatoms. The van der Waals surface area contributed by atoms with Gasteiger partial charge in [0.1, 0.15) is 18.2 Å². The third-order valence-electron chi connectivity index (χ3n) is 3.65. The van der Waals surface area contributed by atoms with Crippen LogP contribution in [0.2, 0.25) is 10.0 Å². The van der Waals surface area contributed by atoms with Crippen LogP contribution in [0.25, 0.3) is 11.1 Å². The van der Waals surface area contributed by atoms with Crippen LogP contribution in [0, 0.1) is 5.82 Å². The van der Waals surface area contributed by atoms with Gasteiger partial charge in [0.25, 0.3) is 0 Å². The Morgan fingerprint density at radius 3 is 2.70 bits per heavy atom. The van der Waals surface area contributed by atoms with Crippen molar-refractivity contribution in [3.05, 3.63) is 64.2 Å². The molecular formula is C18H13Cl2F2N3O2. The summed E-state index contributed by atoms with van der Waals surface area (Å²) >= 11 is 11.9. The number of nitrogens with one attached hydrogen (secondary N) is 1. The number of hydrogen-bond acceptors (Lipinski definition) is 3. The molecule has 0 fully saturated rings. The van der Waals surface area contributed by atoms with E-state index >= 15 is 0 Å². The number of halogens is 4. The van der Waals surface area contributed by atoms with Gasteiger partial charge in [-0.3, -0.25) is 10.00 Å². The second kappa shape index (κ2) is 7.94. The molecule has 1 amide bonds. The molecule has 0 unspecified atom stereocenters. The molecule has 0 spiro atoms. The highest BCUT2D eigenvalue weighted by atomic mass is 35.5. The molecule has 0 aliphatic carbocycles. The van der Waals surface area contributed by atoms with Crippen molar-refractivity contribution in [2.75, 3.05) is 5.32 Å². The number of carbonyl (C=O) groups excluding carboxylic acids is 1. The number of ether oxygens (including phenoxy) is 1. The second-order valence-corrected chi connectivity index (χ2v) is 6.40. The predicted octanol–water partition coefficient (Wildman–Crippen LogP) is 5.61. The van der Waals surface area contributed by atoms with Gasteiger partial charge in [-0.2, -0.15) is 5.10 Å². The molecule has 0 saturated carbocycles. The van der Waals surface area contributed by atoms with Crippen LogP contribution < -0.4 is 10.1 Å². The van der Waals surface area contributed by atoms with Crippen molar-refractivity contribution in [3.8, 4) is 16.9 Å². The summed E-state index contributed by atoms with van der Waals surface area (Å²) in [4.78, 5) is 12.2. The minimum Gasteiger partial charge on any atom is -0.406 e. The van der Waals surface area contributed by atoms with Crippen molar-refractivity contribution in [2.24, 2.45) is 7.05 Å². The van der Waals surface area contributed by atoms with E-state index in [1.165, 1.54) is 29.1 Å². The molecule has 5 nitrogen and oxygen atoms in total. The Balaban J connectivity index is 1.88. The molecule has 1 heterocycles. The normalized spacial score (nSPS) is 10.7. The lowest BCUT2D eigenvalue weighted by Crippen LogP contribution is -2.17. The number of hydrogen-bond donors (Lipinski definition) is 1. The van der Waals surface area contributed by atoms with Crippen LogP contribution in [0.5, 0.6) is 5.75 Å². The number of amides is 1. The van der Waals surface area contributed by atoms with Crippen molar-refractivity contribution in [1.29, 1.82) is 0 Å². The van der Waals surface area contributed by atoms with Gasteiger partial charge in [0, 0.05) is 12.6 Å². The summed E-state index contributed by atoms with van der Waals surface area (Å²) in [6.45, 7) is -0.880. The summed E-state index contributed by atoms with van der Waals surface area (Å²) < 4.78 is 33.1. The van der Waals surface area contributed by atoms with Crippen LogP contribution in [0.4, 0.5) is 19.3 Å². The molecule has 0 bridgehead atoms. The van der Waals surface area contributed by atoms with Gasteiger partial charge in [0.05, 0.1) is 21.9 Å². The first-order valence-corrected chi connectivity index (χ1v) is 8.45. The van der Waals surface area contributed by atoms with Gasteiger partial charge in [-0.05, 0) is 35.9 Å². The monoisotopic (exact) mass is 411 g/mol. The van der Waals surface area contributed by atoms with E-state index in [4.69, 9.17) is 27.9 Å². The maximum Gasteiger partial charge on any atom is 0.417 e. The Hall–Kier alpha value is -2.64. The molecule has 0 aliphatic heterocycles. The molecular weight excluding hydrogens is 399 g/mol. The minimum absolute atomic E-state index is 0.00328. The SMILES string of the molecule is Cn1cc(OC(=O)Nc2ccc(F)cc2-c2ccc(Cl)c(Cl)c2)c(CF)n1. The fourth-order valence-corrected chi connectivity index (χ4v) is 2.75. The summed E-state index contributed by atoms with van der Waals surface area (Å²) in [5, 5.41) is 6.99. The lowest BCUT2D eigenvalue weighted by molar-refractivity contribution is 0.214. The number of nitrogens with zero attached hydrogens (tertiary/aromatic N) is 2. The van der Waals surface area contributed by atoms with Gasteiger partial charge < -0.3 is 4.74 Å². The standard InChI is InChI=1S/C18H13Cl2F2N3O2/c1-25-9-17(16(8-21)24-25)27-18(26)23-15-5-3-11(22)7-12(15)10-2-4-13(19)14(20)6-10/h2-7,9H,8H2,1H3,(H,23,26). The molecule has 0 atom stereocenters. The number of aryl methyl sites for hydroxylation is 1. The largest absolute Gasteiger partial charge is 0.417 e. The molecule has 1 N–H and O–H groups in total. The molecule has 0 aliphatic rings. The number of alkyl halides is 1. The van der Waals surface area contributed by atoms with Gasteiger partial charge in [-0.25, -0.2) is 13.6 Å². The number of anilines is 1. The summed E-state index contributed by atoms with van der Waals surface area (Å²) in [5.41, 5.74) is 1.20. The van der Waals surface area contributed by atoms with E-state index in [0.717, 1.165) is 0 Å². The van der Waals surface area contributed by atoms with Crippen molar-refractivity contribution in [1.82, 2.24) is 9.78 Å². The number of aromatic nitrogens is 2. The Kier molecular flexibility index (Phi) is 5.62. The molecule has 0 saturated heterocycles. The van der Waals surface area contributed by atoms with Crippen LogP contribution in [-0.2, 0) is 13.7 Å². The Labute approximate surface area is 163 Å². The van der Waals surface area contributed by atoms with Crippen molar-refractivity contribution >= 4 is 35.0 Å². The third-order valence-corrected chi connectivity index (χ3v) is 4.38. The lowest BCUT2D eigenvalue weighted by atomic mass is 10.0. The van der Waals surface area contributed by atoms with Crippen LogP contribution in [-0.4, -0.2) is 15.9 Å². The van der Waals surface area contributed by atoms with E-state index in [1.807, 2.05) is 0 Å². The van der Waals surface area contributed by atoms with Gasteiger partial charge in [-0.15, -0.1) is 0 Å². The zero-order chi connectivity index (χ0) is 19.6. The van der Waals surface area contributed by atoms with Crippen LogP contribution in [0.1, 0.15) is 5.69 Å². The van der Waals surface area contributed by atoms with E-state index in [9.17, 15) is 13.6 Å². The molecule has 3 aromatic rings. The summed E-state index contributed by atoms with van der Waals surface area (Å²) in [6, 6.07) is 8.57. The van der Waals surface area contributed by atoms with E-state index < -0.39 is 18.6 Å². The van der Waals surface area contributed by atoms with Gasteiger partial charge in [0.2, 0.25) is 0 Å². The first-order chi connectivity index (χ1) is 12.9. The van der Waals surface area contributed by atoms with Crippen LogP contribution in [0.3, 0.4) is 0 Å². The smallest absolute Gasteiger partial charge is 0.406 e. The molecule has 3 rings (SSSR count). The Bertz CT molecular complexity index is 1010. The van der Waals surface area contributed by atoms with Gasteiger partial charge >= 0.3 is 6.09 Å². The van der Waals surface area contributed by atoms with E-state index in [1.54, 1.807) is 25.2 Å².